The van der Waals surface area contributed by atoms with E-state index in [-0.39, 0.29) is 10.9 Å². The number of sulfonamides is 1. The van der Waals surface area contributed by atoms with Crippen molar-refractivity contribution in [3.05, 3.63) is 45.6 Å². The minimum absolute atomic E-state index is 0.102. The molecule has 1 aromatic heterocycles. The van der Waals surface area contributed by atoms with Crippen LogP contribution in [0.1, 0.15) is 18.5 Å². The van der Waals surface area contributed by atoms with E-state index in [1.807, 2.05) is 18.4 Å². The molecule has 2 aromatic rings. The van der Waals surface area contributed by atoms with Crippen LogP contribution in [-0.2, 0) is 10.0 Å². The molecule has 21 heavy (non-hydrogen) atoms. The summed E-state index contributed by atoms with van der Waals surface area (Å²) in [6.07, 6.45) is 0. The third-order valence-corrected chi connectivity index (χ3v) is 6.04. The van der Waals surface area contributed by atoms with Crippen molar-refractivity contribution in [2.75, 3.05) is 19.4 Å². The molecule has 0 bridgehead atoms. The van der Waals surface area contributed by atoms with Crippen molar-refractivity contribution < 1.29 is 8.42 Å². The summed E-state index contributed by atoms with van der Waals surface area (Å²) in [5, 5.41) is 5.32. The van der Waals surface area contributed by atoms with Gasteiger partial charge in [-0.2, -0.15) is 0 Å². The predicted octanol–water partition coefficient (Wildman–Crippen LogP) is 3.82. The Hall–Kier alpha value is -1.08. The van der Waals surface area contributed by atoms with Gasteiger partial charge >= 0.3 is 0 Å². The molecule has 0 radical (unpaired) electrons. The lowest BCUT2D eigenvalue weighted by molar-refractivity contribution is 0.521. The van der Waals surface area contributed by atoms with Crippen LogP contribution in [-0.4, -0.2) is 26.8 Å². The molecule has 0 spiro atoms. The molecule has 4 nitrogen and oxygen atoms in total. The maximum Gasteiger partial charge on any atom is 0.242 e. The number of thiophene rings is 1. The molecule has 0 amide bonds. The lowest BCUT2D eigenvalue weighted by Crippen LogP contribution is -2.22. The maximum absolute atomic E-state index is 12.0. The molecule has 0 saturated heterocycles. The molecular weight excluding hydrogens is 328 g/mol. The van der Waals surface area contributed by atoms with E-state index in [0.29, 0.717) is 0 Å². The van der Waals surface area contributed by atoms with Crippen LogP contribution in [0.2, 0.25) is 4.34 Å². The van der Waals surface area contributed by atoms with Gasteiger partial charge in [-0.15, -0.1) is 11.3 Å². The van der Waals surface area contributed by atoms with E-state index in [2.05, 4.69) is 5.32 Å². The molecule has 7 heteroatoms. The largest absolute Gasteiger partial charge is 0.378 e. The zero-order chi connectivity index (χ0) is 15.6. The first-order valence-electron chi connectivity index (χ1n) is 6.34. The van der Waals surface area contributed by atoms with Crippen molar-refractivity contribution in [1.29, 1.82) is 0 Å². The van der Waals surface area contributed by atoms with Gasteiger partial charge in [-0.1, -0.05) is 11.6 Å². The Balaban J connectivity index is 2.13. The van der Waals surface area contributed by atoms with Crippen LogP contribution in [0.5, 0.6) is 0 Å². The second-order valence-electron chi connectivity index (χ2n) is 4.86. The SMILES string of the molecule is CC(Nc1ccc(S(=O)(=O)N(C)C)cc1)c1csc(Cl)c1. The van der Waals surface area contributed by atoms with Crippen molar-refractivity contribution >= 4 is 38.6 Å². The summed E-state index contributed by atoms with van der Waals surface area (Å²) in [4.78, 5) is 0.282. The van der Waals surface area contributed by atoms with Gasteiger partial charge in [0.2, 0.25) is 10.0 Å². The van der Waals surface area contributed by atoms with Gasteiger partial charge in [0.25, 0.3) is 0 Å². The molecule has 0 saturated carbocycles. The van der Waals surface area contributed by atoms with Gasteiger partial charge in [-0.3, -0.25) is 0 Å². The van der Waals surface area contributed by atoms with Crippen molar-refractivity contribution in [3.63, 3.8) is 0 Å². The normalized spacial score (nSPS) is 13.4. The summed E-state index contributed by atoms with van der Waals surface area (Å²) in [6, 6.07) is 8.76. The molecule has 0 aliphatic rings. The standard InChI is InChI=1S/C14H17ClN2O2S2/c1-10(11-8-14(15)20-9-11)16-12-4-6-13(7-5-12)21(18,19)17(2)3/h4-10,16H,1-3H3. The van der Waals surface area contributed by atoms with Crippen LogP contribution < -0.4 is 5.32 Å². The molecule has 1 heterocycles. The Morgan fingerprint density at radius 3 is 2.33 bits per heavy atom. The van der Waals surface area contributed by atoms with E-state index in [4.69, 9.17) is 11.6 Å². The van der Waals surface area contributed by atoms with Gasteiger partial charge in [0.05, 0.1) is 9.23 Å². The van der Waals surface area contributed by atoms with Crippen LogP contribution in [0, 0.1) is 0 Å². The zero-order valence-corrected chi connectivity index (χ0v) is 14.4. The van der Waals surface area contributed by atoms with E-state index in [1.54, 1.807) is 24.3 Å². The number of rotatable bonds is 5. The first-order valence-corrected chi connectivity index (χ1v) is 9.03. The van der Waals surface area contributed by atoms with Gasteiger partial charge in [-0.05, 0) is 48.2 Å². The highest BCUT2D eigenvalue weighted by molar-refractivity contribution is 7.89. The molecule has 1 atom stereocenters. The predicted molar refractivity (Wildman–Crippen MR) is 88.7 cm³/mol. The minimum Gasteiger partial charge on any atom is -0.378 e. The third-order valence-electron chi connectivity index (χ3n) is 3.10. The van der Waals surface area contributed by atoms with Crippen molar-refractivity contribution in [2.45, 2.75) is 17.9 Å². The molecule has 0 fully saturated rings. The summed E-state index contributed by atoms with van der Waals surface area (Å²) in [5.41, 5.74) is 1.97. The van der Waals surface area contributed by atoms with E-state index in [1.165, 1.54) is 29.7 Å². The maximum atomic E-state index is 12.0. The summed E-state index contributed by atoms with van der Waals surface area (Å²) >= 11 is 7.42. The number of halogens is 1. The van der Waals surface area contributed by atoms with Crippen LogP contribution >= 0.6 is 22.9 Å². The number of nitrogens with one attached hydrogen (secondary N) is 1. The fraction of sp³-hybridized carbons (Fsp3) is 0.286. The van der Waals surface area contributed by atoms with Crippen molar-refractivity contribution in [3.8, 4) is 0 Å². The first-order chi connectivity index (χ1) is 9.80. The van der Waals surface area contributed by atoms with Gasteiger partial charge in [0.1, 0.15) is 0 Å². The highest BCUT2D eigenvalue weighted by Gasteiger charge is 2.16. The highest BCUT2D eigenvalue weighted by atomic mass is 35.5. The van der Waals surface area contributed by atoms with E-state index < -0.39 is 10.0 Å². The average Bonchev–Trinajstić information content (AvgIpc) is 2.86. The van der Waals surface area contributed by atoms with Gasteiger partial charge < -0.3 is 5.32 Å². The zero-order valence-electron chi connectivity index (χ0n) is 12.0. The summed E-state index contributed by atoms with van der Waals surface area (Å²) < 4.78 is 25.9. The molecule has 1 aromatic carbocycles. The summed E-state index contributed by atoms with van der Waals surface area (Å²) in [5.74, 6) is 0. The number of nitrogens with zero attached hydrogens (tertiary/aromatic N) is 1. The van der Waals surface area contributed by atoms with E-state index >= 15 is 0 Å². The first kappa shape index (κ1) is 16.3. The topological polar surface area (TPSA) is 49.4 Å². The fourth-order valence-electron chi connectivity index (χ4n) is 1.82. The molecule has 2 rings (SSSR count). The Bertz CT molecular complexity index is 709. The number of benzene rings is 1. The Labute approximate surface area is 134 Å². The highest BCUT2D eigenvalue weighted by Crippen LogP contribution is 2.27. The van der Waals surface area contributed by atoms with Gasteiger partial charge in [0.15, 0.2) is 0 Å². The van der Waals surface area contributed by atoms with Crippen molar-refractivity contribution in [2.24, 2.45) is 0 Å². The Morgan fingerprint density at radius 1 is 1.24 bits per heavy atom. The second kappa shape index (κ2) is 6.36. The van der Waals surface area contributed by atoms with Crippen molar-refractivity contribution in [1.82, 2.24) is 4.31 Å². The van der Waals surface area contributed by atoms with Gasteiger partial charge in [-0.25, -0.2) is 12.7 Å². The average molecular weight is 345 g/mol. The number of hydrogen-bond acceptors (Lipinski definition) is 4. The molecule has 0 aliphatic heterocycles. The molecular formula is C14H17ClN2O2S2. The monoisotopic (exact) mass is 344 g/mol. The van der Waals surface area contributed by atoms with Crippen LogP contribution in [0.4, 0.5) is 5.69 Å². The minimum atomic E-state index is -3.38. The van der Waals surface area contributed by atoms with Gasteiger partial charge in [0, 0.05) is 25.8 Å². The van der Waals surface area contributed by atoms with Crippen LogP contribution in [0.25, 0.3) is 0 Å². The lowest BCUT2D eigenvalue weighted by Gasteiger charge is -2.15. The Kier molecular flexibility index (Phi) is 4.93. The van der Waals surface area contributed by atoms with E-state index in [0.717, 1.165) is 15.6 Å². The van der Waals surface area contributed by atoms with E-state index in [9.17, 15) is 8.42 Å². The summed E-state index contributed by atoms with van der Waals surface area (Å²) in [7, 11) is -0.346. The molecule has 1 N–H and O–H groups in total. The molecule has 0 aliphatic carbocycles. The number of anilines is 1. The fourth-order valence-corrected chi connectivity index (χ4v) is 3.70. The quantitative estimate of drug-likeness (QED) is 0.896. The summed E-state index contributed by atoms with van der Waals surface area (Å²) in [6.45, 7) is 2.03. The molecule has 114 valence electrons. The van der Waals surface area contributed by atoms with Crippen LogP contribution in [0.15, 0.2) is 40.6 Å². The van der Waals surface area contributed by atoms with Crippen LogP contribution in [0.3, 0.4) is 0 Å². The second-order valence-corrected chi connectivity index (χ2v) is 8.56. The third kappa shape index (κ3) is 3.77. The molecule has 1 unspecified atom stereocenters. The lowest BCUT2D eigenvalue weighted by atomic mass is 10.1. The number of hydrogen-bond donors (Lipinski definition) is 1. The smallest absolute Gasteiger partial charge is 0.242 e. The Morgan fingerprint density at radius 2 is 1.86 bits per heavy atom.